The summed E-state index contributed by atoms with van der Waals surface area (Å²) in [4.78, 5) is 26.9. The molecular weight excluding hydrogens is 260 g/mol. The number of aryl methyl sites for hydroxylation is 1. The van der Waals surface area contributed by atoms with Crippen molar-refractivity contribution in [1.82, 2.24) is 20.2 Å². The van der Waals surface area contributed by atoms with Crippen LogP contribution < -0.4 is 10.6 Å². The first kappa shape index (κ1) is 13.9. The molecule has 0 aromatic carbocycles. The number of hydrogen-bond donors (Lipinski definition) is 2. The molecule has 2 aromatic heterocycles. The molecule has 0 radical (unpaired) electrons. The Labute approximate surface area is 116 Å². The minimum Gasteiger partial charge on any atom is -0.459 e. The molecule has 2 aromatic rings. The quantitative estimate of drug-likeness (QED) is 0.717. The summed E-state index contributed by atoms with van der Waals surface area (Å²) in [7, 11) is 0. The number of furan rings is 1. The Morgan fingerprint density at radius 1 is 1.35 bits per heavy atom. The summed E-state index contributed by atoms with van der Waals surface area (Å²) in [5.74, 6) is -0.433. The van der Waals surface area contributed by atoms with Crippen LogP contribution in [0.4, 0.5) is 0 Å². The van der Waals surface area contributed by atoms with Gasteiger partial charge in [-0.3, -0.25) is 9.59 Å². The van der Waals surface area contributed by atoms with Crippen molar-refractivity contribution < 1.29 is 14.0 Å². The molecule has 0 aliphatic carbocycles. The maximum absolute atomic E-state index is 11.5. The van der Waals surface area contributed by atoms with E-state index in [0.29, 0.717) is 6.54 Å². The fraction of sp³-hybridized carbons (Fsp3) is 0.308. The van der Waals surface area contributed by atoms with E-state index in [1.807, 2.05) is 10.8 Å². The van der Waals surface area contributed by atoms with E-state index in [4.69, 9.17) is 4.42 Å². The highest BCUT2D eigenvalue weighted by molar-refractivity contribution is 5.94. The Kier molecular flexibility index (Phi) is 4.94. The van der Waals surface area contributed by atoms with Gasteiger partial charge < -0.3 is 19.6 Å². The lowest BCUT2D eigenvalue weighted by molar-refractivity contribution is -0.120. The summed E-state index contributed by atoms with van der Waals surface area (Å²) >= 11 is 0. The third-order valence-corrected chi connectivity index (χ3v) is 2.63. The van der Waals surface area contributed by atoms with Gasteiger partial charge in [0.05, 0.1) is 19.1 Å². The molecule has 0 saturated heterocycles. The third kappa shape index (κ3) is 4.27. The van der Waals surface area contributed by atoms with E-state index in [-0.39, 0.29) is 18.2 Å². The average Bonchev–Trinajstić information content (AvgIpc) is 3.13. The van der Waals surface area contributed by atoms with Gasteiger partial charge in [-0.1, -0.05) is 0 Å². The lowest BCUT2D eigenvalue weighted by Crippen LogP contribution is -2.37. The van der Waals surface area contributed by atoms with Gasteiger partial charge in [-0.25, -0.2) is 4.98 Å². The number of rotatable bonds is 7. The number of amides is 2. The summed E-state index contributed by atoms with van der Waals surface area (Å²) < 4.78 is 6.85. The van der Waals surface area contributed by atoms with Crippen LogP contribution in [0.5, 0.6) is 0 Å². The van der Waals surface area contributed by atoms with Crippen molar-refractivity contribution in [2.24, 2.45) is 0 Å². The van der Waals surface area contributed by atoms with Gasteiger partial charge in [-0.2, -0.15) is 0 Å². The molecule has 0 spiro atoms. The molecule has 106 valence electrons. The first-order chi connectivity index (χ1) is 9.75. The maximum atomic E-state index is 11.5. The van der Waals surface area contributed by atoms with Crippen LogP contribution in [0, 0.1) is 0 Å². The second kappa shape index (κ2) is 7.13. The van der Waals surface area contributed by atoms with Crippen molar-refractivity contribution in [1.29, 1.82) is 0 Å². The van der Waals surface area contributed by atoms with E-state index in [0.717, 1.165) is 13.0 Å². The van der Waals surface area contributed by atoms with Crippen LogP contribution >= 0.6 is 0 Å². The van der Waals surface area contributed by atoms with E-state index in [1.54, 1.807) is 24.7 Å². The number of hydrogen-bond acceptors (Lipinski definition) is 4. The Balaban J connectivity index is 1.57. The van der Waals surface area contributed by atoms with E-state index >= 15 is 0 Å². The molecule has 2 N–H and O–H groups in total. The van der Waals surface area contributed by atoms with Crippen molar-refractivity contribution in [3.63, 3.8) is 0 Å². The molecule has 0 fully saturated rings. The normalized spacial score (nSPS) is 10.2. The first-order valence-corrected chi connectivity index (χ1v) is 6.30. The van der Waals surface area contributed by atoms with Gasteiger partial charge in [-0.05, 0) is 18.6 Å². The van der Waals surface area contributed by atoms with Crippen molar-refractivity contribution in [2.75, 3.05) is 13.1 Å². The zero-order chi connectivity index (χ0) is 14.2. The molecular formula is C13H16N4O3. The number of imidazole rings is 1. The van der Waals surface area contributed by atoms with Crippen LogP contribution in [0.25, 0.3) is 0 Å². The van der Waals surface area contributed by atoms with Crippen molar-refractivity contribution in [3.05, 3.63) is 42.9 Å². The molecule has 0 saturated carbocycles. The van der Waals surface area contributed by atoms with E-state index in [2.05, 4.69) is 15.6 Å². The van der Waals surface area contributed by atoms with Gasteiger partial charge in [0.1, 0.15) is 0 Å². The van der Waals surface area contributed by atoms with E-state index < -0.39 is 5.91 Å². The average molecular weight is 276 g/mol. The molecule has 2 rings (SSSR count). The van der Waals surface area contributed by atoms with Gasteiger partial charge in [0.2, 0.25) is 5.91 Å². The second-order valence-corrected chi connectivity index (χ2v) is 4.16. The molecule has 0 unspecified atom stereocenters. The van der Waals surface area contributed by atoms with Crippen molar-refractivity contribution in [3.8, 4) is 0 Å². The number of nitrogens with zero attached hydrogens (tertiary/aromatic N) is 2. The highest BCUT2D eigenvalue weighted by Crippen LogP contribution is 1.98. The summed E-state index contributed by atoms with van der Waals surface area (Å²) in [6.45, 7) is 1.28. The third-order valence-electron chi connectivity index (χ3n) is 2.63. The van der Waals surface area contributed by atoms with Crippen molar-refractivity contribution in [2.45, 2.75) is 13.0 Å². The number of aromatic nitrogens is 2. The number of carbonyl (C=O) groups is 2. The van der Waals surface area contributed by atoms with Crippen LogP contribution in [0.1, 0.15) is 17.0 Å². The molecule has 20 heavy (non-hydrogen) atoms. The standard InChI is InChI=1S/C13H16N4O3/c18-12(9-16-13(19)11-3-1-8-20-11)15-4-2-6-17-7-5-14-10-17/h1,3,5,7-8,10H,2,4,6,9H2,(H,15,18)(H,16,19). The van der Waals surface area contributed by atoms with Crippen LogP contribution in [-0.2, 0) is 11.3 Å². The monoisotopic (exact) mass is 276 g/mol. The first-order valence-electron chi connectivity index (χ1n) is 6.30. The fourth-order valence-electron chi connectivity index (χ4n) is 1.63. The van der Waals surface area contributed by atoms with E-state index in [9.17, 15) is 9.59 Å². The SMILES string of the molecule is O=C(CNC(=O)c1ccco1)NCCCn1ccnc1. The molecule has 0 atom stereocenters. The molecule has 2 amide bonds. The van der Waals surface area contributed by atoms with Gasteiger partial charge in [-0.15, -0.1) is 0 Å². The van der Waals surface area contributed by atoms with Crippen LogP contribution in [0.3, 0.4) is 0 Å². The topological polar surface area (TPSA) is 89.2 Å². The predicted octanol–water partition coefficient (Wildman–Crippen LogP) is 0.412. The molecule has 0 bridgehead atoms. The maximum Gasteiger partial charge on any atom is 0.287 e. The minimum absolute atomic E-state index is 0.0649. The molecule has 7 heteroatoms. The van der Waals surface area contributed by atoms with Gasteiger partial charge in [0, 0.05) is 25.5 Å². The summed E-state index contributed by atoms with van der Waals surface area (Å²) in [5.41, 5.74) is 0. The molecule has 0 aliphatic heterocycles. The zero-order valence-electron chi connectivity index (χ0n) is 10.9. The summed E-state index contributed by atoms with van der Waals surface area (Å²) in [6, 6.07) is 3.16. The van der Waals surface area contributed by atoms with Gasteiger partial charge in [0.15, 0.2) is 5.76 Å². The summed E-state index contributed by atoms with van der Waals surface area (Å²) in [5, 5.41) is 5.21. The second-order valence-electron chi connectivity index (χ2n) is 4.16. The molecule has 7 nitrogen and oxygen atoms in total. The number of carbonyl (C=O) groups excluding carboxylic acids is 2. The smallest absolute Gasteiger partial charge is 0.287 e. The Hall–Kier alpha value is -2.57. The van der Waals surface area contributed by atoms with Crippen molar-refractivity contribution >= 4 is 11.8 Å². The predicted molar refractivity (Wildman–Crippen MR) is 70.9 cm³/mol. The summed E-state index contributed by atoms with van der Waals surface area (Å²) in [6.07, 6.45) is 7.51. The molecule has 0 aliphatic rings. The lowest BCUT2D eigenvalue weighted by Gasteiger charge is -2.06. The Morgan fingerprint density at radius 2 is 2.25 bits per heavy atom. The fourth-order valence-corrected chi connectivity index (χ4v) is 1.63. The highest BCUT2D eigenvalue weighted by Gasteiger charge is 2.09. The van der Waals surface area contributed by atoms with Gasteiger partial charge in [0.25, 0.3) is 5.91 Å². The zero-order valence-corrected chi connectivity index (χ0v) is 10.9. The lowest BCUT2D eigenvalue weighted by atomic mass is 10.4. The minimum atomic E-state index is -0.399. The Morgan fingerprint density at radius 3 is 2.95 bits per heavy atom. The number of nitrogens with one attached hydrogen (secondary N) is 2. The van der Waals surface area contributed by atoms with Crippen LogP contribution in [0.2, 0.25) is 0 Å². The van der Waals surface area contributed by atoms with E-state index in [1.165, 1.54) is 6.26 Å². The molecule has 2 heterocycles. The largest absolute Gasteiger partial charge is 0.459 e. The highest BCUT2D eigenvalue weighted by atomic mass is 16.3. The van der Waals surface area contributed by atoms with Crippen LogP contribution in [0.15, 0.2) is 41.5 Å². The van der Waals surface area contributed by atoms with Crippen LogP contribution in [-0.4, -0.2) is 34.5 Å². The van der Waals surface area contributed by atoms with Gasteiger partial charge >= 0.3 is 0 Å². The Bertz CT molecular complexity index is 534.